The summed E-state index contributed by atoms with van der Waals surface area (Å²) in [6.45, 7) is 4.92. The molecule has 108 valence electrons. The molecule has 20 heavy (non-hydrogen) atoms. The molecule has 1 aromatic rings. The third-order valence-corrected chi connectivity index (χ3v) is 3.64. The number of carbonyl (C=O) groups is 1. The Bertz CT molecular complexity index is 510. The van der Waals surface area contributed by atoms with Crippen molar-refractivity contribution >= 4 is 29.2 Å². The van der Waals surface area contributed by atoms with Gasteiger partial charge in [0.2, 0.25) is 0 Å². The first-order valence-electron chi connectivity index (χ1n) is 6.86. The summed E-state index contributed by atoms with van der Waals surface area (Å²) in [4.78, 5) is 20.5. The Labute approximate surface area is 125 Å². The maximum Gasteiger partial charge on any atom is 0.349 e. The van der Waals surface area contributed by atoms with E-state index in [9.17, 15) is 4.79 Å². The van der Waals surface area contributed by atoms with Crippen molar-refractivity contribution in [2.24, 2.45) is 4.99 Å². The van der Waals surface area contributed by atoms with Gasteiger partial charge in [-0.1, -0.05) is 11.6 Å². The lowest BCUT2D eigenvalue weighted by Crippen LogP contribution is -2.36. The molecule has 0 aliphatic carbocycles. The summed E-state index contributed by atoms with van der Waals surface area (Å²) >= 11 is 5.89. The maximum atomic E-state index is 12.5. The van der Waals surface area contributed by atoms with E-state index in [1.807, 2.05) is 37.9 Å². The third kappa shape index (κ3) is 3.31. The molecule has 1 heterocycles. The minimum Gasteiger partial charge on any atom is -0.363 e. The molecule has 2 rings (SSSR count). The van der Waals surface area contributed by atoms with Gasteiger partial charge in [0.25, 0.3) is 0 Å². The van der Waals surface area contributed by atoms with E-state index >= 15 is 0 Å². The van der Waals surface area contributed by atoms with Crippen LogP contribution in [0.15, 0.2) is 29.3 Å². The van der Waals surface area contributed by atoms with Gasteiger partial charge in [-0.05, 0) is 44.5 Å². The average Bonchev–Trinajstić information content (AvgIpc) is 2.77. The van der Waals surface area contributed by atoms with Gasteiger partial charge in [-0.3, -0.25) is 4.90 Å². The predicted octanol–water partition coefficient (Wildman–Crippen LogP) is 3.80. The number of carbonyl (C=O) groups excluding carboxylic acids is 1. The van der Waals surface area contributed by atoms with Crippen molar-refractivity contribution in [3.8, 4) is 0 Å². The van der Waals surface area contributed by atoms with Gasteiger partial charge in [0.05, 0.1) is 0 Å². The fourth-order valence-electron chi connectivity index (χ4n) is 2.33. The molecular weight excluding hydrogens is 274 g/mol. The zero-order valence-electron chi connectivity index (χ0n) is 12.1. The molecule has 4 nitrogen and oxygen atoms in total. The summed E-state index contributed by atoms with van der Waals surface area (Å²) in [6, 6.07) is 7.09. The van der Waals surface area contributed by atoms with E-state index in [2.05, 4.69) is 4.99 Å². The van der Waals surface area contributed by atoms with Crippen molar-refractivity contribution in [2.75, 3.05) is 18.5 Å². The van der Waals surface area contributed by atoms with Gasteiger partial charge >= 0.3 is 6.03 Å². The summed E-state index contributed by atoms with van der Waals surface area (Å²) in [5.41, 5.74) is 0.819. The molecule has 1 aliphatic heterocycles. The lowest BCUT2D eigenvalue weighted by molar-refractivity contribution is 0.252. The number of halogens is 1. The molecule has 0 N–H and O–H groups in total. The number of likely N-dealkylation sites (tertiary alicyclic amines) is 1. The summed E-state index contributed by atoms with van der Waals surface area (Å²) in [6.07, 6.45) is 1.93. The molecule has 1 aliphatic rings. The van der Waals surface area contributed by atoms with E-state index in [0.717, 1.165) is 30.9 Å². The van der Waals surface area contributed by atoms with Crippen molar-refractivity contribution in [1.29, 1.82) is 0 Å². The van der Waals surface area contributed by atoms with Crippen LogP contribution in [0.4, 0.5) is 10.5 Å². The van der Waals surface area contributed by atoms with Crippen LogP contribution in [0.5, 0.6) is 0 Å². The Morgan fingerprint density at radius 2 is 2.00 bits per heavy atom. The van der Waals surface area contributed by atoms with Crippen molar-refractivity contribution in [2.45, 2.75) is 32.7 Å². The zero-order valence-corrected chi connectivity index (χ0v) is 12.9. The molecule has 0 radical (unpaired) electrons. The topological polar surface area (TPSA) is 35.9 Å². The van der Waals surface area contributed by atoms with Crippen molar-refractivity contribution < 1.29 is 4.79 Å². The van der Waals surface area contributed by atoms with Crippen LogP contribution in [-0.4, -0.2) is 36.4 Å². The zero-order chi connectivity index (χ0) is 14.7. The minimum atomic E-state index is -0.217. The maximum absolute atomic E-state index is 12.5. The second kappa shape index (κ2) is 6.27. The largest absolute Gasteiger partial charge is 0.363 e. The molecule has 0 atom stereocenters. The molecular formula is C15H20ClN3O. The number of benzene rings is 1. The van der Waals surface area contributed by atoms with Crippen LogP contribution in [0.2, 0.25) is 5.02 Å². The normalized spacial score (nSPS) is 17.1. The first-order valence-corrected chi connectivity index (χ1v) is 7.24. The number of hydrogen-bond donors (Lipinski definition) is 0. The summed E-state index contributed by atoms with van der Waals surface area (Å²) in [5, 5.41) is 0.659. The SMILES string of the molecule is CC(C)N(C(=O)/N=C1/CCCN1C)c1ccc(Cl)cc1. The number of nitrogens with zero attached hydrogens (tertiary/aromatic N) is 3. The molecule has 0 unspecified atom stereocenters. The van der Waals surface area contributed by atoms with Gasteiger partial charge in [-0.15, -0.1) is 0 Å². The van der Waals surface area contributed by atoms with Crippen LogP contribution in [-0.2, 0) is 0 Å². The van der Waals surface area contributed by atoms with E-state index in [1.165, 1.54) is 0 Å². The van der Waals surface area contributed by atoms with E-state index < -0.39 is 0 Å². The number of aliphatic imine (C=N–C) groups is 1. The highest BCUT2D eigenvalue weighted by atomic mass is 35.5. The first-order chi connectivity index (χ1) is 9.49. The van der Waals surface area contributed by atoms with Crippen LogP contribution in [0.3, 0.4) is 0 Å². The van der Waals surface area contributed by atoms with Gasteiger partial charge < -0.3 is 4.90 Å². The lowest BCUT2D eigenvalue weighted by atomic mass is 10.2. The van der Waals surface area contributed by atoms with Gasteiger partial charge in [0.15, 0.2) is 0 Å². The van der Waals surface area contributed by atoms with E-state index in [4.69, 9.17) is 11.6 Å². The molecule has 1 aromatic carbocycles. The number of urea groups is 1. The van der Waals surface area contributed by atoms with Crippen LogP contribution in [0.25, 0.3) is 0 Å². The van der Waals surface area contributed by atoms with Crippen molar-refractivity contribution in [1.82, 2.24) is 4.90 Å². The molecule has 0 aromatic heterocycles. The summed E-state index contributed by atoms with van der Waals surface area (Å²) in [7, 11) is 1.97. The van der Waals surface area contributed by atoms with Gasteiger partial charge in [-0.2, -0.15) is 4.99 Å². The fourth-order valence-corrected chi connectivity index (χ4v) is 2.46. The number of hydrogen-bond acceptors (Lipinski definition) is 1. The lowest BCUT2D eigenvalue weighted by Gasteiger charge is -2.25. The molecule has 0 saturated carbocycles. The van der Waals surface area contributed by atoms with Gasteiger partial charge in [0, 0.05) is 36.8 Å². The molecule has 0 bridgehead atoms. The van der Waals surface area contributed by atoms with E-state index in [0.29, 0.717) is 5.02 Å². The molecule has 1 fully saturated rings. The van der Waals surface area contributed by atoms with E-state index in [1.54, 1.807) is 17.0 Å². The fraction of sp³-hybridized carbons (Fsp3) is 0.467. The quantitative estimate of drug-likeness (QED) is 0.831. The highest BCUT2D eigenvalue weighted by molar-refractivity contribution is 6.30. The Morgan fingerprint density at radius 3 is 2.50 bits per heavy atom. The second-order valence-corrected chi connectivity index (χ2v) is 5.71. The van der Waals surface area contributed by atoms with Crippen molar-refractivity contribution in [3.63, 3.8) is 0 Å². The molecule has 0 spiro atoms. The van der Waals surface area contributed by atoms with Crippen LogP contribution in [0, 0.1) is 0 Å². The number of anilines is 1. The van der Waals surface area contributed by atoms with Gasteiger partial charge in [-0.25, -0.2) is 4.79 Å². The first kappa shape index (κ1) is 14.9. The second-order valence-electron chi connectivity index (χ2n) is 5.28. The Morgan fingerprint density at radius 1 is 1.35 bits per heavy atom. The minimum absolute atomic E-state index is 0.0414. The molecule has 1 saturated heterocycles. The van der Waals surface area contributed by atoms with Crippen LogP contribution >= 0.6 is 11.6 Å². The smallest absolute Gasteiger partial charge is 0.349 e. The Kier molecular flexibility index (Phi) is 4.65. The van der Waals surface area contributed by atoms with E-state index in [-0.39, 0.29) is 12.1 Å². The average molecular weight is 294 g/mol. The third-order valence-electron chi connectivity index (χ3n) is 3.39. The van der Waals surface area contributed by atoms with Gasteiger partial charge in [0.1, 0.15) is 5.84 Å². The number of rotatable bonds is 2. The highest BCUT2D eigenvalue weighted by Gasteiger charge is 2.22. The number of amides is 2. The molecule has 2 amide bonds. The Hall–Kier alpha value is -1.55. The standard InChI is InChI=1S/C15H20ClN3O/c1-11(2)19(13-8-6-12(16)7-9-13)15(20)17-14-5-4-10-18(14)3/h6-9,11H,4-5,10H2,1-3H3/b17-14-. The molecule has 5 heteroatoms. The Balaban J connectivity index is 2.24. The van der Waals surface area contributed by atoms with Crippen LogP contribution in [0.1, 0.15) is 26.7 Å². The monoisotopic (exact) mass is 293 g/mol. The summed E-state index contributed by atoms with van der Waals surface area (Å²) < 4.78 is 0. The van der Waals surface area contributed by atoms with Crippen LogP contribution < -0.4 is 4.90 Å². The predicted molar refractivity (Wildman–Crippen MR) is 83.8 cm³/mol. The summed E-state index contributed by atoms with van der Waals surface area (Å²) in [5.74, 6) is 0.870. The highest BCUT2D eigenvalue weighted by Crippen LogP contribution is 2.21. The van der Waals surface area contributed by atoms with Crippen molar-refractivity contribution in [3.05, 3.63) is 29.3 Å². The number of amidine groups is 1.